The number of halogens is 6. The van der Waals surface area contributed by atoms with Crippen molar-refractivity contribution >= 4 is 17.7 Å². The maximum Gasteiger partial charge on any atom is 0.416 e. The van der Waals surface area contributed by atoms with E-state index in [1.165, 1.54) is 18.7 Å². The topological polar surface area (TPSA) is 102 Å². The molecule has 0 radical (unpaired) electrons. The Morgan fingerprint density at radius 1 is 1.02 bits per heavy atom. The van der Waals surface area contributed by atoms with Gasteiger partial charge in [-0.2, -0.15) is 26.3 Å². The molecule has 3 amide bonds. The number of hydrogen-bond donors (Lipinski definition) is 2. The van der Waals surface area contributed by atoms with Crippen molar-refractivity contribution in [2.45, 2.75) is 63.2 Å². The molecule has 0 unspecified atom stereocenters. The molecular weight excluding hydrogens is 544 g/mol. The Hall–Kier alpha value is -3.61. The van der Waals surface area contributed by atoms with E-state index < -0.39 is 71.8 Å². The van der Waals surface area contributed by atoms with E-state index >= 15 is 0 Å². The van der Waals surface area contributed by atoms with Crippen LogP contribution in [-0.2, 0) is 31.5 Å². The monoisotopic (exact) mass is 573 g/mol. The third kappa shape index (κ3) is 7.96. The van der Waals surface area contributed by atoms with Gasteiger partial charge in [0.25, 0.3) is 0 Å². The van der Waals surface area contributed by atoms with Gasteiger partial charge in [0, 0.05) is 25.9 Å². The lowest BCUT2D eigenvalue weighted by molar-refractivity contribution is -0.143. The van der Waals surface area contributed by atoms with Gasteiger partial charge in [0.1, 0.15) is 6.04 Å². The van der Waals surface area contributed by atoms with E-state index in [-0.39, 0.29) is 31.1 Å². The van der Waals surface area contributed by atoms with Gasteiger partial charge in [0.15, 0.2) is 0 Å². The summed E-state index contributed by atoms with van der Waals surface area (Å²) in [6, 6.07) is 8.92. The molecule has 0 bridgehead atoms. The van der Waals surface area contributed by atoms with E-state index in [9.17, 15) is 40.7 Å². The van der Waals surface area contributed by atoms with Crippen molar-refractivity contribution in [3.63, 3.8) is 0 Å². The number of carbonyl (C=O) groups excluding carboxylic acids is 3. The number of carbonyl (C=O) groups is 3. The normalized spacial score (nSPS) is 19.6. The maximum absolute atomic E-state index is 13.4. The molecule has 1 aliphatic heterocycles. The molecule has 2 aromatic carbocycles. The second-order valence-corrected chi connectivity index (χ2v) is 9.67. The van der Waals surface area contributed by atoms with Gasteiger partial charge in [0.2, 0.25) is 17.7 Å². The fourth-order valence-corrected chi connectivity index (χ4v) is 4.74. The number of nitrogens with one attached hydrogen (secondary N) is 1. The van der Waals surface area contributed by atoms with Crippen molar-refractivity contribution in [2.75, 3.05) is 13.1 Å². The Morgan fingerprint density at radius 3 is 2.10 bits per heavy atom. The third-order valence-corrected chi connectivity index (χ3v) is 6.63. The van der Waals surface area contributed by atoms with Crippen LogP contribution in [0.3, 0.4) is 0 Å². The molecule has 13 heteroatoms. The van der Waals surface area contributed by atoms with Crippen LogP contribution in [0.5, 0.6) is 0 Å². The van der Waals surface area contributed by atoms with Crippen molar-refractivity contribution in [1.82, 2.24) is 10.2 Å². The van der Waals surface area contributed by atoms with Crippen LogP contribution in [0.2, 0.25) is 0 Å². The number of amides is 3. The number of primary amides is 1. The van der Waals surface area contributed by atoms with Crippen LogP contribution in [0.15, 0.2) is 48.5 Å². The number of rotatable bonds is 8. The molecule has 1 heterocycles. The summed E-state index contributed by atoms with van der Waals surface area (Å²) in [5.74, 6) is -2.39. The summed E-state index contributed by atoms with van der Waals surface area (Å²) in [4.78, 5) is 37.7. The Bertz CT molecular complexity index is 1170. The lowest BCUT2D eigenvalue weighted by Gasteiger charge is -2.41. The van der Waals surface area contributed by atoms with Gasteiger partial charge in [-0.3, -0.25) is 14.4 Å². The Balaban J connectivity index is 1.89. The van der Waals surface area contributed by atoms with Crippen molar-refractivity contribution in [2.24, 2.45) is 5.73 Å². The van der Waals surface area contributed by atoms with Crippen LogP contribution in [-0.4, -0.2) is 47.9 Å². The fraction of sp³-hybridized carbons (Fsp3) is 0.444. The van der Waals surface area contributed by atoms with Gasteiger partial charge >= 0.3 is 12.4 Å². The summed E-state index contributed by atoms with van der Waals surface area (Å²) in [6.07, 6.45) is -12.1. The second-order valence-electron chi connectivity index (χ2n) is 9.67. The first kappa shape index (κ1) is 30.9. The molecule has 1 fully saturated rings. The van der Waals surface area contributed by atoms with E-state index in [0.717, 1.165) is 5.56 Å². The molecule has 0 spiro atoms. The van der Waals surface area contributed by atoms with E-state index in [2.05, 4.69) is 5.32 Å². The molecule has 1 aliphatic rings. The first-order chi connectivity index (χ1) is 18.6. The van der Waals surface area contributed by atoms with E-state index in [1.54, 1.807) is 30.3 Å². The van der Waals surface area contributed by atoms with Gasteiger partial charge < -0.3 is 20.7 Å². The third-order valence-electron chi connectivity index (χ3n) is 6.63. The van der Waals surface area contributed by atoms with Crippen LogP contribution >= 0.6 is 0 Å². The van der Waals surface area contributed by atoms with Gasteiger partial charge in [-0.05, 0) is 42.7 Å². The molecule has 3 N–H and O–H groups in total. The average molecular weight is 574 g/mol. The standard InChI is InChI=1S/C27H29F6N3O4/c1-15(18-10-19(26(28,29)30)12-20(11-18)27(31,32)33)40-23-8-9-36(14-21(23)17-6-4-3-5-7-17)25(39)22(13-24(34)38)35-16(2)37/h3-7,10-12,15,21-23H,8-9,13-14H2,1-2H3,(H2,34,38)(H,35,37)/t15-,21+,22+,23+/m1/s1. The first-order valence-electron chi connectivity index (χ1n) is 12.4. The number of nitrogens with two attached hydrogens (primary N) is 1. The molecule has 7 nitrogen and oxygen atoms in total. The van der Waals surface area contributed by atoms with Crippen LogP contribution in [0.25, 0.3) is 0 Å². The lowest BCUT2D eigenvalue weighted by atomic mass is 9.87. The molecular formula is C27H29F6N3O4. The Morgan fingerprint density at radius 2 is 1.60 bits per heavy atom. The van der Waals surface area contributed by atoms with Crippen LogP contribution < -0.4 is 11.1 Å². The average Bonchev–Trinajstić information content (AvgIpc) is 2.86. The SMILES string of the molecule is CC(=O)N[C@@H](CC(N)=O)C(=O)N1CC[C@H](O[C@H](C)c2cc(C(F)(F)F)cc(C(F)(F)F)c2)[C@H](c2ccccc2)C1. The van der Waals surface area contributed by atoms with E-state index in [1.807, 2.05) is 0 Å². The molecule has 0 aromatic heterocycles. The second kappa shape index (κ2) is 12.3. The van der Waals surface area contributed by atoms with Crippen LogP contribution in [0.1, 0.15) is 61.0 Å². The summed E-state index contributed by atoms with van der Waals surface area (Å²) in [5, 5.41) is 2.42. The molecule has 2 aromatic rings. The zero-order valence-corrected chi connectivity index (χ0v) is 21.7. The maximum atomic E-state index is 13.4. The number of likely N-dealkylation sites (tertiary alicyclic amines) is 1. The van der Waals surface area contributed by atoms with Crippen LogP contribution in [0.4, 0.5) is 26.3 Å². The summed E-state index contributed by atoms with van der Waals surface area (Å²) >= 11 is 0. The summed E-state index contributed by atoms with van der Waals surface area (Å²) < 4.78 is 86.4. The number of ether oxygens (including phenoxy) is 1. The molecule has 218 valence electrons. The van der Waals surface area contributed by atoms with Gasteiger partial charge in [-0.25, -0.2) is 0 Å². The molecule has 1 saturated heterocycles. The highest BCUT2D eigenvalue weighted by molar-refractivity contribution is 5.91. The Kier molecular flexibility index (Phi) is 9.49. The predicted molar refractivity (Wildman–Crippen MR) is 132 cm³/mol. The largest absolute Gasteiger partial charge is 0.416 e. The van der Waals surface area contributed by atoms with Crippen molar-refractivity contribution in [3.8, 4) is 0 Å². The number of nitrogens with zero attached hydrogens (tertiary/aromatic N) is 1. The molecule has 0 saturated carbocycles. The predicted octanol–water partition coefficient (Wildman–Crippen LogP) is 4.57. The van der Waals surface area contributed by atoms with Crippen LogP contribution in [0, 0.1) is 0 Å². The minimum Gasteiger partial charge on any atom is -0.370 e. The summed E-state index contributed by atoms with van der Waals surface area (Å²) in [7, 11) is 0. The van der Waals surface area contributed by atoms with Gasteiger partial charge in [-0.1, -0.05) is 30.3 Å². The smallest absolute Gasteiger partial charge is 0.370 e. The fourth-order valence-electron chi connectivity index (χ4n) is 4.74. The van der Waals surface area contributed by atoms with Gasteiger partial charge in [0.05, 0.1) is 29.8 Å². The first-order valence-corrected chi connectivity index (χ1v) is 12.4. The number of benzene rings is 2. The summed E-state index contributed by atoms with van der Waals surface area (Å²) in [5.41, 5.74) is 2.80. The minimum absolute atomic E-state index is 0.0602. The number of alkyl halides is 6. The van der Waals surface area contributed by atoms with Gasteiger partial charge in [-0.15, -0.1) is 0 Å². The van der Waals surface area contributed by atoms with Crippen molar-refractivity contribution < 1.29 is 45.5 Å². The molecule has 40 heavy (non-hydrogen) atoms. The lowest BCUT2D eigenvalue weighted by Crippen LogP contribution is -2.54. The van der Waals surface area contributed by atoms with E-state index in [4.69, 9.17) is 10.5 Å². The number of piperidine rings is 1. The Labute approximate surface area is 226 Å². The molecule has 0 aliphatic carbocycles. The highest BCUT2D eigenvalue weighted by Gasteiger charge is 2.39. The quantitative estimate of drug-likeness (QED) is 0.452. The van der Waals surface area contributed by atoms with Crippen molar-refractivity contribution in [1.29, 1.82) is 0 Å². The van der Waals surface area contributed by atoms with E-state index in [0.29, 0.717) is 12.1 Å². The molecule has 4 atom stereocenters. The number of hydrogen-bond acceptors (Lipinski definition) is 4. The highest BCUT2D eigenvalue weighted by atomic mass is 19.4. The van der Waals surface area contributed by atoms with Crippen molar-refractivity contribution in [3.05, 3.63) is 70.8 Å². The minimum atomic E-state index is -5.00. The zero-order chi connectivity index (χ0) is 29.8. The zero-order valence-electron chi connectivity index (χ0n) is 21.7. The molecule has 3 rings (SSSR count). The highest BCUT2D eigenvalue weighted by Crippen LogP contribution is 2.39. The summed E-state index contributed by atoms with van der Waals surface area (Å²) in [6.45, 7) is 2.72.